The van der Waals surface area contributed by atoms with Gasteiger partial charge in [0.25, 0.3) is 5.91 Å². The molecule has 0 aliphatic heterocycles. The van der Waals surface area contributed by atoms with Crippen molar-refractivity contribution < 1.29 is 10.0 Å². The third-order valence-corrected chi connectivity index (χ3v) is 4.06. The Balaban J connectivity index is 2.19. The Labute approximate surface area is 128 Å². The van der Waals surface area contributed by atoms with Crippen molar-refractivity contribution in [1.29, 1.82) is 0 Å². The van der Waals surface area contributed by atoms with E-state index in [1.54, 1.807) is 18.4 Å². The molecular formula is C13H12BrN3O2S. The Morgan fingerprint density at radius 3 is 2.95 bits per heavy atom. The highest BCUT2D eigenvalue weighted by Gasteiger charge is 2.13. The Hall–Kier alpha value is -1.73. The van der Waals surface area contributed by atoms with Crippen LogP contribution in [0.3, 0.4) is 0 Å². The minimum Gasteiger partial charge on any atom is -0.411 e. The molecular weight excluding hydrogens is 342 g/mol. The zero-order chi connectivity index (χ0) is 14.7. The van der Waals surface area contributed by atoms with E-state index >= 15 is 0 Å². The van der Waals surface area contributed by atoms with Crippen molar-refractivity contribution in [2.24, 2.45) is 5.16 Å². The first-order chi connectivity index (χ1) is 9.51. The molecule has 104 valence electrons. The van der Waals surface area contributed by atoms with Gasteiger partial charge in [0, 0.05) is 9.85 Å². The summed E-state index contributed by atoms with van der Waals surface area (Å²) in [6.45, 7) is 3.56. The molecule has 20 heavy (non-hydrogen) atoms. The number of nitrogens with zero attached hydrogens (tertiary/aromatic N) is 2. The van der Waals surface area contributed by atoms with Crippen molar-refractivity contribution in [2.75, 3.05) is 5.32 Å². The quantitative estimate of drug-likeness (QED) is 0.502. The largest absolute Gasteiger partial charge is 0.411 e. The highest BCUT2D eigenvalue weighted by molar-refractivity contribution is 9.10. The zero-order valence-electron chi connectivity index (χ0n) is 10.8. The Bertz CT molecular complexity index is 682. The summed E-state index contributed by atoms with van der Waals surface area (Å²) in [6, 6.07) is 5.55. The molecule has 5 nitrogen and oxygen atoms in total. The summed E-state index contributed by atoms with van der Waals surface area (Å²) in [5, 5.41) is 16.7. The lowest BCUT2D eigenvalue weighted by atomic mass is 10.1. The second kappa shape index (κ2) is 6.15. The van der Waals surface area contributed by atoms with Crippen molar-refractivity contribution in [3.8, 4) is 0 Å². The van der Waals surface area contributed by atoms with Gasteiger partial charge in [-0.25, -0.2) is 4.98 Å². The maximum atomic E-state index is 12.2. The number of thiazole rings is 1. The molecule has 1 aromatic heterocycles. The van der Waals surface area contributed by atoms with Gasteiger partial charge in [0.2, 0.25) is 0 Å². The summed E-state index contributed by atoms with van der Waals surface area (Å²) in [5.41, 5.74) is 2.49. The van der Waals surface area contributed by atoms with Gasteiger partial charge in [-0.15, -0.1) is 11.3 Å². The van der Waals surface area contributed by atoms with Crippen LogP contribution in [0.1, 0.15) is 28.5 Å². The molecule has 0 bridgehead atoms. The van der Waals surface area contributed by atoms with Crippen molar-refractivity contribution in [1.82, 2.24) is 4.98 Å². The van der Waals surface area contributed by atoms with E-state index in [0.29, 0.717) is 22.1 Å². The average molecular weight is 354 g/mol. The molecule has 0 saturated carbocycles. The number of halogens is 1. The minimum absolute atomic E-state index is 0.236. The van der Waals surface area contributed by atoms with Gasteiger partial charge < -0.3 is 5.21 Å². The number of hydrogen-bond acceptors (Lipinski definition) is 5. The molecule has 0 saturated heterocycles. The molecule has 0 spiro atoms. The van der Waals surface area contributed by atoms with Gasteiger partial charge in [0.05, 0.1) is 5.56 Å². The lowest BCUT2D eigenvalue weighted by Crippen LogP contribution is -2.13. The monoisotopic (exact) mass is 353 g/mol. The van der Waals surface area contributed by atoms with Crippen LogP contribution in [0.4, 0.5) is 5.13 Å². The third kappa shape index (κ3) is 3.23. The lowest BCUT2D eigenvalue weighted by Gasteiger charge is -2.05. The summed E-state index contributed by atoms with van der Waals surface area (Å²) in [7, 11) is 0. The van der Waals surface area contributed by atoms with Crippen LogP contribution in [-0.4, -0.2) is 21.8 Å². The Morgan fingerprint density at radius 2 is 2.25 bits per heavy atom. The summed E-state index contributed by atoms with van der Waals surface area (Å²) in [6.07, 6.45) is 0. The first-order valence-electron chi connectivity index (χ1n) is 5.73. The Kier molecular flexibility index (Phi) is 4.51. The normalized spacial score (nSPS) is 11.4. The summed E-state index contributed by atoms with van der Waals surface area (Å²) in [5.74, 6) is -0.236. The summed E-state index contributed by atoms with van der Waals surface area (Å²) in [4.78, 5) is 16.4. The van der Waals surface area contributed by atoms with Crippen LogP contribution in [0.2, 0.25) is 0 Å². The lowest BCUT2D eigenvalue weighted by molar-refractivity contribution is 0.102. The van der Waals surface area contributed by atoms with Crippen LogP contribution < -0.4 is 5.32 Å². The average Bonchev–Trinajstić information content (AvgIpc) is 2.89. The van der Waals surface area contributed by atoms with Gasteiger partial charge in [-0.1, -0.05) is 16.8 Å². The molecule has 1 amide bonds. The van der Waals surface area contributed by atoms with E-state index in [-0.39, 0.29) is 5.91 Å². The molecule has 2 N–H and O–H groups in total. The minimum atomic E-state index is -0.236. The topological polar surface area (TPSA) is 74.6 Å². The number of aryl methyl sites for hydroxylation is 1. The van der Waals surface area contributed by atoms with Gasteiger partial charge in [0.1, 0.15) is 11.4 Å². The number of carbonyl (C=O) groups is 1. The van der Waals surface area contributed by atoms with Crippen molar-refractivity contribution in [3.05, 3.63) is 44.9 Å². The SMILES string of the molecule is C/C(=N/O)c1csc(NC(=O)c2cc(C)ccc2Br)n1. The van der Waals surface area contributed by atoms with E-state index in [4.69, 9.17) is 5.21 Å². The van der Waals surface area contributed by atoms with E-state index in [9.17, 15) is 4.79 Å². The molecule has 1 heterocycles. The van der Waals surface area contributed by atoms with E-state index in [0.717, 1.165) is 10.0 Å². The van der Waals surface area contributed by atoms with Gasteiger partial charge in [0.15, 0.2) is 5.13 Å². The molecule has 0 aliphatic carbocycles. The number of oxime groups is 1. The molecule has 0 aliphatic rings. The second-order valence-corrected chi connectivity index (χ2v) is 5.87. The predicted molar refractivity (Wildman–Crippen MR) is 82.9 cm³/mol. The standard InChI is InChI=1S/C13H12BrN3O2S/c1-7-3-4-10(14)9(5-7)12(18)16-13-15-11(6-20-13)8(2)17-19/h3-6,19H,1-2H3,(H,15,16,18)/b17-8-. The summed E-state index contributed by atoms with van der Waals surface area (Å²) >= 11 is 4.63. The third-order valence-electron chi connectivity index (χ3n) is 2.61. The molecule has 1 aromatic carbocycles. The van der Waals surface area contributed by atoms with Crippen molar-refractivity contribution in [2.45, 2.75) is 13.8 Å². The van der Waals surface area contributed by atoms with Gasteiger partial charge in [-0.2, -0.15) is 0 Å². The van der Waals surface area contributed by atoms with Gasteiger partial charge in [-0.3, -0.25) is 10.1 Å². The van der Waals surface area contributed by atoms with Crippen LogP contribution in [0, 0.1) is 6.92 Å². The maximum absolute atomic E-state index is 12.2. The first kappa shape index (κ1) is 14.7. The van der Waals surface area contributed by atoms with Gasteiger partial charge >= 0.3 is 0 Å². The zero-order valence-corrected chi connectivity index (χ0v) is 13.2. The number of aromatic nitrogens is 1. The van der Waals surface area contributed by atoms with Crippen LogP contribution in [0.25, 0.3) is 0 Å². The van der Waals surface area contributed by atoms with Crippen molar-refractivity contribution >= 4 is 44.0 Å². The van der Waals surface area contributed by atoms with Crippen LogP contribution in [0.5, 0.6) is 0 Å². The highest BCUT2D eigenvalue weighted by Crippen LogP contribution is 2.21. The smallest absolute Gasteiger partial charge is 0.258 e. The number of amides is 1. The fourth-order valence-electron chi connectivity index (χ4n) is 1.53. The molecule has 7 heteroatoms. The first-order valence-corrected chi connectivity index (χ1v) is 7.40. The Morgan fingerprint density at radius 1 is 1.50 bits per heavy atom. The van der Waals surface area contributed by atoms with Crippen LogP contribution in [0.15, 0.2) is 33.2 Å². The number of anilines is 1. The number of benzene rings is 1. The number of nitrogens with one attached hydrogen (secondary N) is 1. The fourth-order valence-corrected chi connectivity index (χ4v) is 2.70. The molecule has 2 rings (SSSR count). The number of carbonyl (C=O) groups excluding carboxylic acids is 1. The molecule has 2 aromatic rings. The molecule has 0 atom stereocenters. The molecule has 0 unspecified atom stereocenters. The summed E-state index contributed by atoms with van der Waals surface area (Å²) < 4.78 is 0.727. The molecule has 0 radical (unpaired) electrons. The maximum Gasteiger partial charge on any atom is 0.258 e. The molecule has 0 fully saturated rings. The highest BCUT2D eigenvalue weighted by atomic mass is 79.9. The van der Waals surface area contributed by atoms with E-state index in [1.807, 2.05) is 19.1 Å². The van der Waals surface area contributed by atoms with Crippen molar-refractivity contribution in [3.63, 3.8) is 0 Å². The van der Waals surface area contributed by atoms with Crippen LogP contribution in [-0.2, 0) is 0 Å². The van der Waals surface area contributed by atoms with E-state index in [2.05, 4.69) is 31.4 Å². The van der Waals surface area contributed by atoms with Gasteiger partial charge in [-0.05, 0) is 41.9 Å². The number of rotatable bonds is 3. The van der Waals surface area contributed by atoms with Crippen LogP contribution >= 0.6 is 27.3 Å². The number of hydrogen-bond donors (Lipinski definition) is 2. The predicted octanol–water partition coefficient (Wildman–Crippen LogP) is 3.66. The van der Waals surface area contributed by atoms with E-state index < -0.39 is 0 Å². The fraction of sp³-hybridized carbons (Fsp3) is 0.154. The van der Waals surface area contributed by atoms with E-state index in [1.165, 1.54) is 11.3 Å². The second-order valence-electron chi connectivity index (χ2n) is 4.16.